The zero-order chi connectivity index (χ0) is 18.8. The smallest absolute Gasteiger partial charge is 0.338 e. The van der Waals surface area contributed by atoms with E-state index in [1.807, 2.05) is 20.8 Å². The maximum atomic E-state index is 11.9. The van der Waals surface area contributed by atoms with E-state index < -0.39 is 30.5 Å². The van der Waals surface area contributed by atoms with Gasteiger partial charge in [0.25, 0.3) is 5.91 Å². The maximum absolute atomic E-state index is 11.9. The fourth-order valence-electron chi connectivity index (χ4n) is 2.13. The third-order valence-electron chi connectivity index (χ3n) is 3.26. The Morgan fingerprint density at radius 2 is 1.76 bits per heavy atom. The Bertz CT molecular complexity index is 582. The number of amides is 1. The topological polar surface area (TPSA) is 90.9 Å². The summed E-state index contributed by atoms with van der Waals surface area (Å²) in [5.41, 5.74) is 0.308. The van der Waals surface area contributed by atoms with Crippen molar-refractivity contribution in [3.8, 4) is 5.75 Å². The second-order valence-corrected chi connectivity index (χ2v) is 5.81. The van der Waals surface area contributed by atoms with E-state index in [4.69, 9.17) is 9.47 Å². The third-order valence-corrected chi connectivity index (χ3v) is 3.26. The highest BCUT2D eigenvalue weighted by Gasteiger charge is 2.23. The summed E-state index contributed by atoms with van der Waals surface area (Å²) in [6.45, 7) is 5.77. The summed E-state index contributed by atoms with van der Waals surface area (Å²) in [6.07, 6.45) is 0.436. The van der Waals surface area contributed by atoms with Gasteiger partial charge in [0.1, 0.15) is 11.8 Å². The zero-order valence-corrected chi connectivity index (χ0v) is 15.0. The molecule has 0 saturated carbocycles. The number of rotatable bonds is 9. The SMILES string of the molecule is CCOc1ccc(C(=O)OCC(=O)N[C@@H](CC(C)C)C(=O)OC)cc1. The number of nitrogens with one attached hydrogen (secondary N) is 1. The van der Waals surface area contributed by atoms with Crippen LogP contribution in [0.5, 0.6) is 5.75 Å². The van der Waals surface area contributed by atoms with Gasteiger partial charge in [-0.25, -0.2) is 9.59 Å². The van der Waals surface area contributed by atoms with Crippen LogP contribution < -0.4 is 10.1 Å². The number of methoxy groups -OCH3 is 1. The first-order valence-electron chi connectivity index (χ1n) is 8.14. The van der Waals surface area contributed by atoms with Crippen LogP contribution in [0.2, 0.25) is 0 Å². The number of hydrogen-bond acceptors (Lipinski definition) is 6. The number of hydrogen-bond donors (Lipinski definition) is 1. The van der Waals surface area contributed by atoms with Crippen LogP contribution in [0.1, 0.15) is 37.6 Å². The van der Waals surface area contributed by atoms with Crippen LogP contribution in [0.3, 0.4) is 0 Å². The summed E-state index contributed by atoms with van der Waals surface area (Å²) < 4.78 is 14.9. The molecule has 7 nitrogen and oxygen atoms in total. The minimum Gasteiger partial charge on any atom is -0.494 e. The summed E-state index contributed by atoms with van der Waals surface area (Å²) in [5, 5.41) is 2.52. The predicted molar refractivity (Wildman–Crippen MR) is 91.3 cm³/mol. The summed E-state index contributed by atoms with van der Waals surface area (Å²) in [7, 11) is 1.26. The Hall–Kier alpha value is -2.57. The summed E-state index contributed by atoms with van der Waals surface area (Å²) in [6, 6.07) is 5.65. The van der Waals surface area contributed by atoms with E-state index in [1.165, 1.54) is 7.11 Å². The van der Waals surface area contributed by atoms with Gasteiger partial charge in [0.15, 0.2) is 6.61 Å². The molecule has 1 aromatic carbocycles. The van der Waals surface area contributed by atoms with Gasteiger partial charge in [0.2, 0.25) is 0 Å². The van der Waals surface area contributed by atoms with Crippen LogP contribution in [-0.2, 0) is 19.1 Å². The Kier molecular flexibility index (Phi) is 8.46. The molecular weight excluding hydrogens is 326 g/mol. The van der Waals surface area contributed by atoms with Gasteiger partial charge in [-0.15, -0.1) is 0 Å². The lowest BCUT2D eigenvalue weighted by molar-refractivity contribution is -0.145. The van der Waals surface area contributed by atoms with Crippen LogP contribution in [0.15, 0.2) is 24.3 Å². The Balaban J connectivity index is 2.53. The maximum Gasteiger partial charge on any atom is 0.338 e. The predicted octanol–water partition coefficient (Wildman–Crippen LogP) is 1.95. The van der Waals surface area contributed by atoms with E-state index in [2.05, 4.69) is 10.1 Å². The molecule has 1 amide bonds. The molecule has 0 aliphatic rings. The first kappa shape index (κ1) is 20.5. The molecule has 0 aromatic heterocycles. The number of carbonyl (C=O) groups is 3. The van der Waals surface area contributed by atoms with Gasteiger partial charge in [0, 0.05) is 0 Å². The van der Waals surface area contributed by atoms with E-state index in [9.17, 15) is 14.4 Å². The lowest BCUT2D eigenvalue weighted by Crippen LogP contribution is -2.44. The molecule has 0 aliphatic carbocycles. The molecule has 0 radical (unpaired) electrons. The van der Waals surface area contributed by atoms with Gasteiger partial charge >= 0.3 is 11.9 Å². The van der Waals surface area contributed by atoms with Crippen LogP contribution >= 0.6 is 0 Å². The third kappa shape index (κ3) is 7.24. The van der Waals surface area contributed by atoms with E-state index in [0.717, 1.165) is 0 Å². The molecule has 0 unspecified atom stereocenters. The monoisotopic (exact) mass is 351 g/mol. The van der Waals surface area contributed by atoms with Gasteiger partial charge < -0.3 is 19.5 Å². The van der Waals surface area contributed by atoms with E-state index in [-0.39, 0.29) is 5.92 Å². The summed E-state index contributed by atoms with van der Waals surface area (Å²) in [5.74, 6) is -0.880. The molecule has 0 aliphatic heterocycles. The van der Waals surface area contributed by atoms with Crippen molar-refractivity contribution in [1.29, 1.82) is 0 Å². The van der Waals surface area contributed by atoms with Crippen LogP contribution in [-0.4, -0.2) is 44.2 Å². The molecule has 1 rings (SSSR count). The molecule has 0 spiro atoms. The van der Waals surface area contributed by atoms with Gasteiger partial charge in [0.05, 0.1) is 19.3 Å². The minimum absolute atomic E-state index is 0.191. The second kappa shape index (κ2) is 10.3. The summed E-state index contributed by atoms with van der Waals surface area (Å²) >= 11 is 0. The van der Waals surface area contributed by atoms with Crippen LogP contribution in [0.25, 0.3) is 0 Å². The average Bonchev–Trinajstić information content (AvgIpc) is 2.59. The average molecular weight is 351 g/mol. The highest BCUT2D eigenvalue weighted by Crippen LogP contribution is 2.13. The summed E-state index contributed by atoms with van der Waals surface area (Å²) in [4.78, 5) is 35.5. The van der Waals surface area contributed by atoms with Gasteiger partial charge in [-0.1, -0.05) is 13.8 Å². The van der Waals surface area contributed by atoms with Crippen molar-refractivity contribution in [3.63, 3.8) is 0 Å². The van der Waals surface area contributed by atoms with Gasteiger partial charge in [-0.05, 0) is 43.5 Å². The standard InChI is InChI=1S/C18H25NO6/c1-5-24-14-8-6-13(7-9-14)17(21)25-11-16(20)19-15(10-12(2)3)18(22)23-4/h6-9,12,15H,5,10-11H2,1-4H3,(H,19,20)/t15-/m0/s1. The van der Waals surface area contributed by atoms with Crippen molar-refractivity contribution in [3.05, 3.63) is 29.8 Å². The molecule has 7 heteroatoms. The molecular formula is C18H25NO6. The molecule has 1 aromatic rings. The molecule has 0 heterocycles. The van der Waals surface area contributed by atoms with Crippen molar-refractivity contribution >= 4 is 17.8 Å². The number of carbonyl (C=O) groups excluding carboxylic acids is 3. The molecule has 25 heavy (non-hydrogen) atoms. The largest absolute Gasteiger partial charge is 0.494 e. The van der Waals surface area contributed by atoms with Crippen molar-refractivity contribution in [1.82, 2.24) is 5.32 Å². The van der Waals surface area contributed by atoms with Gasteiger partial charge in [-0.2, -0.15) is 0 Å². The molecule has 138 valence electrons. The van der Waals surface area contributed by atoms with Gasteiger partial charge in [-0.3, -0.25) is 4.79 Å². The molecule has 0 bridgehead atoms. The zero-order valence-electron chi connectivity index (χ0n) is 15.0. The normalized spacial score (nSPS) is 11.6. The van der Waals surface area contributed by atoms with E-state index >= 15 is 0 Å². The van der Waals surface area contributed by atoms with E-state index in [1.54, 1.807) is 24.3 Å². The molecule has 1 atom stereocenters. The number of esters is 2. The van der Waals surface area contributed by atoms with Crippen molar-refractivity contribution in [2.75, 3.05) is 20.3 Å². The van der Waals surface area contributed by atoms with E-state index in [0.29, 0.717) is 24.3 Å². The fraction of sp³-hybridized carbons (Fsp3) is 0.500. The molecule has 1 N–H and O–H groups in total. The Morgan fingerprint density at radius 1 is 1.12 bits per heavy atom. The number of ether oxygens (including phenoxy) is 3. The second-order valence-electron chi connectivity index (χ2n) is 5.81. The Labute approximate surface area is 147 Å². The van der Waals surface area contributed by atoms with Crippen LogP contribution in [0.4, 0.5) is 0 Å². The highest BCUT2D eigenvalue weighted by molar-refractivity contribution is 5.92. The van der Waals surface area contributed by atoms with Crippen molar-refractivity contribution in [2.24, 2.45) is 5.92 Å². The lowest BCUT2D eigenvalue weighted by Gasteiger charge is -2.18. The molecule has 0 saturated heterocycles. The van der Waals surface area contributed by atoms with Crippen LogP contribution in [0, 0.1) is 5.92 Å². The van der Waals surface area contributed by atoms with Crippen molar-refractivity contribution < 1.29 is 28.6 Å². The fourth-order valence-corrected chi connectivity index (χ4v) is 2.13. The lowest BCUT2D eigenvalue weighted by atomic mass is 10.0. The molecule has 0 fully saturated rings. The Morgan fingerprint density at radius 3 is 2.28 bits per heavy atom. The first-order valence-corrected chi connectivity index (χ1v) is 8.14. The first-order chi connectivity index (χ1) is 11.9. The van der Waals surface area contributed by atoms with Crippen molar-refractivity contribution in [2.45, 2.75) is 33.2 Å². The highest BCUT2D eigenvalue weighted by atomic mass is 16.5. The minimum atomic E-state index is -0.762. The number of benzene rings is 1. The quantitative estimate of drug-likeness (QED) is 0.684.